The van der Waals surface area contributed by atoms with E-state index in [1.54, 1.807) is 44.2 Å². The fourth-order valence-corrected chi connectivity index (χ4v) is 4.90. The number of halogens is 3. The summed E-state index contributed by atoms with van der Waals surface area (Å²) in [5, 5.41) is 0. The molecule has 0 amide bonds. The molecule has 0 spiro atoms. The quantitative estimate of drug-likeness (QED) is 0.554. The maximum atomic E-state index is 13.5. The molecule has 2 rings (SSSR count). The predicted molar refractivity (Wildman–Crippen MR) is 90.6 cm³/mol. The van der Waals surface area contributed by atoms with Crippen LogP contribution in [0.4, 0.5) is 13.2 Å². The second-order valence-electron chi connectivity index (χ2n) is 5.27. The largest absolute Gasteiger partial charge is 0.416 e. The van der Waals surface area contributed by atoms with Crippen molar-refractivity contribution in [1.82, 2.24) is 0 Å². The van der Waals surface area contributed by atoms with Crippen molar-refractivity contribution in [2.24, 2.45) is 0 Å². The SMILES string of the molecule is CCOP(=O)(OCC)C(c1ccccc1)c1ccccc1C(F)(F)F. The van der Waals surface area contributed by atoms with Crippen molar-refractivity contribution < 1.29 is 26.8 Å². The Labute approximate surface area is 145 Å². The zero-order valence-electron chi connectivity index (χ0n) is 14.0. The summed E-state index contributed by atoms with van der Waals surface area (Å²) in [4.78, 5) is 0. The minimum atomic E-state index is -4.58. The van der Waals surface area contributed by atoms with Crippen molar-refractivity contribution >= 4 is 7.60 Å². The van der Waals surface area contributed by atoms with E-state index in [-0.39, 0.29) is 18.8 Å². The van der Waals surface area contributed by atoms with E-state index in [0.717, 1.165) is 6.07 Å². The van der Waals surface area contributed by atoms with Crippen LogP contribution in [0.2, 0.25) is 0 Å². The molecular formula is C18H20F3O3P. The lowest BCUT2D eigenvalue weighted by Gasteiger charge is -2.29. The minimum Gasteiger partial charge on any atom is -0.308 e. The van der Waals surface area contributed by atoms with Gasteiger partial charge in [0, 0.05) is 0 Å². The molecule has 7 heteroatoms. The van der Waals surface area contributed by atoms with E-state index in [1.165, 1.54) is 18.2 Å². The number of alkyl halides is 3. The second kappa shape index (κ2) is 8.17. The van der Waals surface area contributed by atoms with Crippen LogP contribution in [0.5, 0.6) is 0 Å². The molecule has 0 saturated carbocycles. The molecule has 1 atom stereocenters. The molecule has 136 valence electrons. The Morgan fingerprint density at radius 1 is 0.920 bits per heavy atom. The van der Waals surface area contributed by atoms with Gasteiger partial charge in [0.1, 0.15) is 5.66 Å². The molecule has 0 bridgehead atoms. The molecule has 25 heavy (non-hydrogen) atoms. The Bertz CT molecular complexity index is 722. The zero-order valence-corrected chi connectivity index (χ0v) is 14.9. The van der Waals surface area contributed by atoms with Crippen molar-refractivity contribution in [2.45, 2.75) is 25.7 Å². The van der Waals surface area contributed by atoms with Crippen LogP contribution in [-0.4, -0.2) is 13.2 Å². The van der Waals surface area contributed by atoms with Crippen LogP contribution in [-0.2, 0) is 19.8 Å². The van der Waals surface area contributed by atoms with Crippen LogP contribution in [0, 0.1) is 0 Å². The fourth-order valence-electron chi connectivity index (χ4n) is 2.71. The van der Waals surface area contributed by atoms with Crippen molar-refractivity contribution in [3.05, 3.63) is 71.3 Å². The average molecular weight is 372 g/mol. The Morgan fingerprint density at radius 3 is 1.96 bits per heavy atom. The first-order chi connectivity index (χ1) is 11.8. The smallest absolute Gasteiger partial charge is 0.308 e. The highest BCUT2D eigenvalue weighted by atomic mass is 31.2. The van der Waals surface area contributed by atoms with E-state index in [0.29, 0.717) is 5.56 Å². The lowest BCUT2D eigenvalue weighted by molar-refractivity contribution is -0.138. The third kappa shape index (κ3) is 4.51. The minimum absolute atomic E-state index is 0.0643. The van der Waals surface area contributed by atoms with E-state index in [1.807, 2.05) is 0 Å². The summed E-state index contributed by atoms with van der Waals surface area (Å²) in [6.07, 6.45) is -4.58. The molecule has 0 aromatic heterocycles. The third-order valence-corrected chi connectivity index (χ3v) is 6.06. The van der Waals surface area contributed by atoms with Gasteiger partial charge in [-0.25, -0.2) is 0 Å². The maximum absolute atomic E-state index is 13.5. The van der Waals surface area contributed by atoms with Crippen molar-refractivity contribution in [3.63, 3.8) is 0 Å². The monoisotopic (exact) mass is 372 g/mol. The maximum Gasteiger partial charge on any atom is 0.416 e. The molecule has 0 N–H and O–H groups in total. The van der Waals surface area contributed by atoms with Crippen LogP contribution >= 0.6 is 7.60 Å². The molecule has 0 aliphatic carbocycles. The third-order valence-electron chi connectivity index (χ3n) is 3.61. The van der Waals surface area contributed by atoms with Gasteiger partial charge in [-0.05, 0) is 31.0 Å². The normalized spacial score (nSPS) is 13.6. The molecule has 0 saturated heterocycles. The average Bonchev–Trinajstić information content (AvgIpc) is 2.56. The lowest BCUT2D eigenvalue weighted by Crippen LogP contribution is -2.15. The molecule has 2 aromatic carbocycles. The number of hydrogen-bond acceptors (Lipinski definition) is 3. The summed E-state index contributed by atoms with van der Waals surface area (Å²) in [5.41, 5.74) is -1.68. The topological polar surface area (TPSA) is 35.5 Å². The number of rotatable bonds is 7. The highest BCUT2D eigenvalue weighted by molar-refractivity contribution is 7.54. The van der Waals surface area contributed by atoms with E-state index < -0.39 is 25.0 Å². The van der Waals surface area contributed by atoms with Crippen LogP contribution in [0.1, 0.15) is 36.2 Å². The first-order valence-electron chi connectivity index (χ1n) is 7.93. The summed E-state index contributed by atoms with van der Waals surface area (Å²) in [6.45, 7) is 3.39. The fraction of sp³-hybridized carbons (Fsp3) is 0.333. The lowest BCUT2D eigenvalue weighted by atomic mass is 9.99. The molecule has 0 radical (unpaired) electrons. The first-order valence-corrected chi connectivity index (χ1v) is 9.54. The van der Waals surface area contributed by atoms with Gasteiger partial charge in [0.15, 0.2) is 0 Å². The molecule has 0 aliphatic rings. The van der Waals surface area contributed by atoms with Gasteiger partial charge in [0.2, 0.25) is 0 Å². The van der Waals surface area contributed by atoms with Gasteiger partial charge < -0.3 is 9.05 Å². The van der Waals surface area contributed by atoms with E-state index in [4.69, 9.17) is 9.05 Å². The molecule has 0 aliphatic heterocycles. The van der Waals surface area contributed by atoms with Gasteiger partial charge in [-0.2, -0.15) is 13.2 Å². The number of benzene rings is 2. The standard InChI is InChI=1S/C18H20F3O3P/c1-3-23-25(22,24-4-2)17(14-10-6-5-7-11-14)15-12-8-9-13-16(15)18(19,20)21/h5-13,17H,3-4H2,1-2H3. The Balaban J connectivity index is 2.72. The molecule has 3 nitrogen and oxygen atoms in total. The Hall–Kier alpha value is -1.62. The highest BCUT2D eigenvalue weighted by Crippen LogP contribution is 2.64. The van der Waals surface area contributed by atoms with Gasteiger partial charge in [-0.15, -0.1) is 0 Å². The highest BCUT2D eigenvalue weighted by Gasteiger charge is 2.43. The Kier molecular flexibility index (Phi) is 6.44. The molecule has 0 heterocycles. The van der Waals surface area contributed by atoms with Gasteiger partial charge in [-0.1, -0.05) is 48.5 Å². The molecular weight excluding hydrogens is 352 g/mol. The van der Waals surface area contributed by atoms with Crippen molar-refractivity contribution in [2.75, 3.05) is 13.2 Å². The van der Waals surface area contributed by atoms with E-state index >= 15 is 0 Å². The summed E-state index contributed by atoms with van der Waals surface area (Å²) < 4.78 is 64.7. The van der Waals surface area contributed by atoms with E-state index in [9.17, 15) is 17.7 Å². The molecule has 2 aromatic rings. The summed E-state index contributed by atoms with van der Waals surface area (Å²) in [6, 6.07) is 13.5. The molecule has 1 unspecified atom stereocenters. The predicted octanol–water partition coefficient (Wildman–Crippen LogP) is 6.06. The Morgan fingerprint density at radius 2 is 1.44 bits per heavy atom. The van der Waals surface area contributed by atoms with Gasteiger partial charge in [0.25, 0.3) is 0 Å². The van der Waals surface area contributed by atoms with Gasteiger partial charge in [-0.3, -0.25) is 4.57 Å². The molecule has 0 fully saturated rings. The second-order valence-corrected chi connectivity index (χ2v) is 7.39. The number of hydrogen-bond donors (Lipinski definition) is 0. The summed E-state index contributed by atoms with van der Waals surface area (Å²) >= 11 is 0. The first kappa shape index (κ1) is 19.7. The van der Waals surface area contributed by atoms with Crippen LogP contribution in [0.25, 0.3) is 0 Å². The van der Waals surface area contributed by atoms with Crippen LogP contribution < -0.4 is 0 Å². The van der Waals surface area contributed by atoms with Crippen molar-refractivity contribution in [3.8, 4) is 0 Å². The van der Waals surface area contributed by atoms with Gasteiger partial charge >= 0.3 is 13.8 Å². The summed E-state index contributed by atoms with van der Waals surface area (Å²) in [7, 11) is -3.87. The van der Waals surface area contributed by atoms with Crippen molar-refractivity contribution in [1.29, 1.82) is 0 Å². The van der Waals surface area contributed by atoms with Crippen LogP contribution in [0.15, 0.2) is 54.6 Å². The van der Waals surface area contributed by atoms with Gasteiger partial charge in [0.05, 0.1) is 18.8 Å². The van der Waals surface area contributed by atoms with E-state index in [2.05, 4.69) is 0 Å². The summed E-state index contributed by atoms with van der Waals surface area (Å²) in [5.74, 6) is 0. The van der Waals surface area contributed by atoms with Crippen LogP contribution in [0.3, 0.4) is 0 Å². The zero-order chi connectivity index (χ0) is 18.5.